The van der Waals surface area contributed by atoms with Crippen molar-refractivity contribution in [1.82, 2.24) is 0 Å². The van der Waals surface area contributed by atoms with Crippen molar-refractivity contribution in [3.8, 4) is 0 Å². The second-order valence-corrected chi connectivity index (χ2v) is 10.4. The van der Waals surface area contributed by atoms with Crippen LogP contribution >= 0.6 is 104 Å². The molecule has 0 aliphatic heterocycles. The average molecular weight is 484 g/mol. The summed E-state index contributed by atoms with van der Waals surface area (Å²) in [5.74, 6) is -5.16. The maximum Gasteiger partial charge on any atom is 0.221 e. The van der Waals surface area contributed by atoms with Gasteiger partial charge in [-0.3, -0.25) is 0 Å². The summed E-state index contributed by atoms with van der Waals surface area (Å²) in [6.45, 7) is 0. The van der Waals surface area contributed by atoms with Crippen LogP contribution in [0.5, 0.6) is 0 Å². The quantitative estimate of drug-likeness (QED) is 0.333. The summed E-state index contributed by atoms with van der Waals surface area (Å²) < 4.78 is 34.7. The van der Waals surface area contributed by atoms with Gasteiger partial charge in [0.2, 0.25) is 11.4 Å². The van der Waals surface area contributed by atoms with Crippen LogP contribution < -0.4 is 0 Å². The highest BCUT2D eigenvalue weighted by atomic mass is 35.6. The zero-order chi connectivity index (χ0) is 17.0. The Morgan fingerprint density at radius 3 is 0.667 bits per heavy atom. The summed E-state index contributed by atoms with van der Waals surface area (Å²) in [4.78, 5) is 0. The molecule has 0 bridgehead atoms. The number of hydrogen-bond acceptors (Lipinski definition) is 0. The van der Waals surface area contributed by atoms with E-state index < -0.39 is 45.5 Å². The molecule has 12 heteroatoms. The number of hydrogen-bond donors (Lipinski definition) is 0. The number of alkyl halides is 9. The van der Waals surface area contributed by atoms with Crippen molar-refractivity contribution in [2.24, 2.45) is 0 Å². The molecule has 0 aliphatic rings. The van der Waals surface area contributed by atoms with Gasteiger partial charge in [0.1, 0.15) is 17.5 Å². The van der Waals surface area contributed by atoms with E-state index in [1.807, 2.05) is 0 Å². The Balaban J connectivity index is 4.04. The molecule has 0 N–H and O–H groups in total. The highest BCUT2D eigenvalue weighted by molar-refractivity contribution is 6.68. The minimum atomic E-state index is -2.67. The van der Waals surface area contributed by atoms with Crippen LogP contribution in [-0.4, -0.2) is 0 Å². The predicted octanol–water partition coefficient (Wildman–Crippen LogP) is 7.58. The van der Waals surface area contributed by atoms with Crippen LogP contribution in [0.4, 0.5) is 13.2 Å². The zero-order valence-electron chi connectivity index (χ0n) is 9.04. The molecular formula is C9Cl9F3. The van der Waals surface area contributed by atoms with Gasteiger partial charge >= 0.3 is 0 Å². The van der Waals surface area contributed by atoms with Crippen molar-refractivity contribution in [3.63, 3.8) is 0 Å². The highest BCUT2D eigenvalue weighted by Gasteiger charge is 2.45. The Bertz CT molecular complexity index is 466. The van der Waals surface area contributed by atoms with Crippen LogP contribution in [-0.2, 0) is 11.4 Å². The van der Waals surface area contributed by atoms with Crippen LogP contribution in [0.25, 0.3) is 0 Å². The second kappa shape index (κ2) is 6.50. The molecule has 21 heavy (non-hydrogen) atoms. The Morgan fingerprint density at radius 2 is 0.571 bits per heavy atom. The third-order valence-corrected chi connectivity index (χ3v) is 3.87. The van der Waals surface area contributed by atoms with E-state index >= 15 is 0 Å². The molecule has 0 saturated carbocycles. The molecule has 0 aromatic heterocycles. The molecule has 0 nitrogen and oxygen atoms in total. The summed E-state index contributed by atoms with van der Waals surface area (Å²) in [6.07, 6.45) is 0. The molecule has 0 amide bonds. The first-order valence-electron chi connectivity index (χ1n) is 4.52. The molecule has 0 spiro atoms. The van der Waals surface area contributed by atoms with E-state index in [0.717, 1.165) is 0 Å². The minimum Gasteiger partial charge on any atom is -0.206 e. The molecule has 1 aromatic carbocycles. The van der Waals surface area contributed by atoms with Crippen LogP contribution in [0, 0.1) is 17.5 Å². The van der Waals surface area contributed by atoms with Gasteiger partial charge in [0, 0.05) is 0 Å². The fourth-order valence-electron chi connectivity index (χ4n) is 1.41. The van der Waals surface area contributed by atoms with Gasteiger partial charge in [0.15, 0.2) is 0 Å². The smallest absolute Gasteiger partial charge is 0.206 e. The zero-order valence-corrected chi connectivity index (χ0v) is 15.8. The Hall–Kier alpha value is 1.62. The lowest BCUT2D eigenvalue weighted by atomic mass is 10.0. The van der Waals surface area contributed by atoms with Gasteiger partial charge in [-0.25, -0.2) is 13.2 Å². The lowest BCUT2D eigenvalue weighted by Gasteiger charge is -2.25. The maximum absolute atomic E-state index is 14.2. The molecular weight excluding hydrogens is 484 g/mol. The van der Waals surface area contributed by atoms with Crippen LogP contribution in [0.1, 0.15) is 16.7 Å². The van der Waals surface area contributed by atoms with E-state index in [4.69, 9.17) is 104 Å². The third-order valence-electron chi connectivity index (χ3n) is 2.17. The average Bonchev–Trinajstić information content (AvgIpc) is 2.07. The highest BCUT2D eigenvalue weighted by Crippen LogP contribution is 2.52. The first-order chi connectivity index (χ1) is 9.10. The van der Waals surface area contributed by atoms with Crippen molar-refractivity contribution in [2.75, 3.05) is 0 Å². The van der Waals surface area contributed by atoms with Crippen LogP contribution in [0.2, 0.25) is 0 Å². The lowest BCUT2D eigenvalue weighted by molar-refractivity contribution is 0.496. The van der Waals surface area contributed by atoms with E-state index in [9.17, 15) is 13.2 Å². The maximum atomic E-state index is 14.2. The van der Waals surface area contributed by atoms with E-state index in [1.165, 1.54) is 0 Å². The predicted molar refractivity (Wildman–Crippen MR) is 84.0 cm³/mol. The first kappa shape index (κ1) is 20.7. The van der Waals surface area contributed by atoms with Gasteiger partial charge in [0.25, 0.3) is 0 Å². The Morgan fingerprint density at radius 1 is 0.429 bits per heavy atom. The fraction of sp³-hybridized carbons (Fsp3) is 0.333. The second-order valence-electron chi connectivity index (χ2n) is 3.56. The summed E-state index contributed by atoms with van der Waals surface area (Å²) >= 11 is 48.9. The van der Waals surface area contributed by atoms with Crippen LogP contribution in [0.15, 0.2) is 0 Å². The molecule has 0 saturated heterocycles. The number of benzene rings is 1. The van der Waals surface area contributed by atoms with Gasteiger partial charge in [-0.1, -0.05) is 104 Å². The lowest BCUT2D eigenvalue weighted by Crippen LogP contribution is -2.22. The third kappa shape index (κ3) is 4.37. The summed E-state index contributed by atoms with van der Waals surface area (Å²) in [7, 11) is 0. The number of rotatable bonds is 0. The fourth-order valence-corrected chi connectivity index (χ4v) is 2.90. The Labute approximate surface area is 162 Å². The molecule has 0 heterocycles. The van der Waals surface area contributed by atoms with Gasteiger partial charge in [0.05, 0.1) is 16.7 Å². The largest absolute Gasteiger partial charge is 0.221 e. The topological polar surface area (TPSA) is 0 Å². The van der Waals surface area contributed by atoms with Gasteiger partial charge in [-0.05, 0) is 0 Å². The Kier molecular flexibility index (Phi) is 6.39. The van der Waals surface area contributed by atoms with E-state index in [0.29, 0.717) is 0 Å². The van der Waals surface area contributed by atoms with Crippen molar-refractivity contribution < 1.29 is 13.2 Å². The van der Waals surface area contributed by atoms with Gasteiger partial charge in [-0.2, -0.15) is 0 Å². The van der Waals surface area contributed by atoms with E-state index in [-0.39, 0.29) is 0 Å². The normalized spacial score (nSPS) is 13.7. The molecule has 0 radical (unpaired) electrons. The monoisotopic (exact) mass is 480 g/mol. The molecule has 1 rings (SSSR count). The molecule has 0 aliphatic carbocycles. The molecule has 0 unspecified atom stereocenters. The van der Waals surface area contributed by atoms with Crippen molar-refractivity contribution in [3.05, 3.63) is 34.1 Å². The van der Waals surface area contributed by atoms with E-state index in [1.54, 1.807) is 0 Å². The SMILES string of the molecule is Fc1c(C(Cl)(Cl)Cl)c(F)c(C(Cl)(Cl)Cl)c(F)c1C(Cl)(Cl)Cl. The van der Waals surface area contributed by atoms with Crippen molar-refractivity contribution in [1.29, 1.82) is 0 Å². The molecule has 120 valence electrons. The number of halogens is 12. The summed E-state index contributed by atoms with van der Waals surface area (Å²) in [5.41, 5.74) is -3.72. The van der Waals surface area contributed by atoms with Gasteiger partial charge < -0.3 is 0 Å². The standard InChI is InChI=1S/C9Cl9F3/c10-7(11,12)1-4(19)2(8(13,14)15)6(21)3(5(1)20)9(16,17)18. The first-order valence-corrected chi connectivity index (χ1v) is 7.92. The van der Waals surface area contributed by atoms with Crippen LogP contribution in [0.3, 0.4) is 0 Å². The van der Waals surface area contributed by atoms with Gasteiger partial charge in [-0.15, -0.1) is 0 Å². The molecule has 0 atom stereocenters. The summed E-state index contributed by atoms with van der Waals surface area (Å²) in [5, 5.41) is 0. The molecule has 0 fully saturated rings. The molecule has 1 aromatic rings. The van der Waals surface area contributed by atoms with E-state index in [2.05, 4.69) is 0 Å². The van der Waals surface area contributed by atoms with Crippen molar-refractivity contribution in [2.45, 2.75) is 11.4 Å². The summed E-state index contributed by atoms with van der Waals surface area (Å²) in [6, 6.07) is 0. The minimum absolute atomic E-state index is 1.24. The van der Waals surface area contributed by atoms with Crippen molar-refractivity contribution >= 4 is 104 Å².